The Kier molecular flexibility index (Phi) is 15.2. The number of thiazole rings is 1. The van der Waals surface area contributed by atoms with Crippen molar-refractivity contribution >= 4 is 39.4 Å². The topological polar surface area (TPSA) is 172 Å². The van der Waals surface area contributed by atoms with Gasteiger partial charge in [0.15, 0.2) is 0 Å². The lowest BCUT2D eigenvalue weighted by atomic mass is 9.49. The summed E-state index contributed by atoms with van der Waals surface area (Å²) in [5, 5.41) is 31.4. The molecule has 1 aromatic heterocycles. The fourth-order valence-corrected chi connectivity index (χ4v) is 9.27. The first kappa shape index (κ1) is 43.6. The average Bonchev–Trinajstić information content (AvgIpc) is 3.50. The largest absolute Gasteiger partial charge is 0.506 e. The minimum Gasteiger partial charge on any atom is -0.506 e. The van der Waals surface area contributed by atoms with E-state index in [1.807, 2.05) is 12.1 Å². The highest BCUT2D eigenvalue weighted by atomic mass is 32.1. The highest BCUT2D eigenvalue weighted by molar-refractivity contribution is 7.16. The van der Waals surface area contributed by atoms with Crippen LogP contribution in [-0.4, -0.2) is 94.7 Å². The Morgan fingerprint density at radius 2 is 1.33 bits per heavy atom. The van der Waals surface area contributed by atoms with Crippen molar-refractivity contribution in [2.45, 2.75) is 70.1 Å². The fourth-order valence-electron chi connectivity index (χ4n) is 8.37. The van der Waals surface area contributed by atoms with E-state index in [4.69, 9.17) is 19.8 Å². The molecule has 0 saturated heterocycles. The molecule has 2 aromatic carbocycles. The van der Waals surface area contributed by atoms with Gasteiger partial charge in [0.25, 0.3) is 0 Å². The number of aromatic hydroxyl groups is 1. The number of alkyl halides is 6. The zero-order chi connectivity index (χ0) is 40.4. The third kappa shape index (κ3) is 13.2. The quantitative estimate of drug-likeness (QED) is 0.0850. The highest BCUT2D eigenvalue weighted by Crippen LogP contribution is 2.60. The van der Waals surface area contributed by atoms with Crippen molar-refractivity contribution in [1.29, 1.82) is 0 Å². The normalized spacial score (nSPS) is 21.3. The Labute approximate surface area is 317 Å². The molecule has 0 radical (unpaired) electrons. The molecule has 3 aromatic rings. The number of carbonyl (C=O) groups excluding carboxylic acids is 1. The summed E-state index contributed by atoms with van der Waals surface area (Å²) in [7, 11) is 0. The van der Waals surface area contributed by atoms with Gasteiger partial charge in [-0.05, 0) is 105 Å². The molecule has 1 heterocycles. The number of aromatic amines is 1. The van der Waals surface area contributed by atoms with E-state index in [0.717, 1.165) is 84.9 Å². The third-order valence-electron chi connectivity index (χ3n) is 10.2. The van der Waals surface area contributed by atoms with E-state index < -0.39 is 24.3 Å². The van der Waals surface area contributed by atoms with Crippen LogP contribution in [-0.2, 0) is 27.2 Å². The predicted molar refractivity (Wildman–Crippen MR) is 193 cm³/mol. The average molecular weight is 805 g/mol. The van der Waals surface area contributed by atoms with E-state index in [9.17, 15) is 41.0 Å². The second kappa shape index (κ2) is 19.1. The molecular formula is C37H46F6N4O7S. The monoisotopic (exact) mass is 804 g/mol. The van der Waals surface area contributed by atoms with Gasteiger partial charge in [0.1, 0.15) is 11.3 Å². The van der Waals surface area contributed by atoms with Crippen LogP contribution in [0.4, 0.5) is 26.3 Å². The molecule has 0 aliphatic heterocycles. The summed E-state index contributed by atoms with van der Waals surface area (Å²) in [4.78, 5) is 48.0. The van der Waals surface area contributed by atoms with Gasteiger partial charge < -0.3 is 35.8 Å². The van der Waals surface area contributed by atoms with Crippen LogP contribution in [0.25, 0.3) is 10.2 Å². The van der Waals surface area contributed by atoms with Crippen molar-refractivity contribution in [3.8, 4) is 5.75 Å². The van der Waals surface area contributed by atoms with E-state index in [1.54, 1.807) is 6.07 Å². The number of amides is 1. The zero-order valence-corrected chi connectivity index (χ0v) is 30.8. The number of H-pyrrole nitrogens is 1. The molecular weight excluding hydrogens is 758 g/mol. The molecule has 0 spiro atoms. The van der Waals surface area contributed by atoms with Gasteiger partial charge in [-0.1, -0.05) is 47.7 Å². The van der Waals surface area contributed by atoms with Crippen molar-refractivity contribution in [1.82, 2.24) is 20.5 Å². The summed E-state index contributed by atoms with van der Waals surface area (Å²) >= 11 is 1.15. The number of halogens is 6. The smallest absolute Gasteiger partial charge is 0.490 e. The van der Waals surface area contributed by atoms with Gasteiger partial charge in [0.2, 0.25) is 5.91 Å². The van der Waals surface area contributed by atoms with E-state index in [2.05, 4.69) is 44.8 Å². The maximum absolute atomic E-state index is 13.6. The van der Waals surface area contributed by atoms with Gasteiger partial charge in [-0.25, -0.2) is 9.59 Å². The Bertz CT molecular complexity index is 1740. The summed E-state index contributed by atoms with van der Waals surface area (Å²) in [6.45, 7) is 4.75. The van der Waals surface area contributed by atoms with Gasteiger partial charge >= 0.3 is 29.2 Å². The highest BCUT2D eigenvalue weighted by Gasteiger charge is 2.51. The first-order valence-electron chi connectivity index (χ1n) is 18.0. The predicted octanol–water partition coefficient (Wildman–Crippen LogP) is 5.96. The van der Waals surface area contributed by atoms with E-state index in [1.165, 1.54) is 44.1 Å². The lowest BCUT2D eigenvalue weighted by molar-refractivity contribution is -0.193. The van der Waals surface area contributed by atoms with E-state index in [0.29, 0.717) is 23.9 Å². The molecule has 4 saturated carbocycles. The number of aliphatic carboxylic acids is 2. The molecule has 7 rings (SSSR count). The number of benzene rings is 2. The first-order chi connectivity index (χ1) is 25.8. The molecule has 4 aliphatic carbocycles. The van der Waals surface area contributed by atoms with Gasteiger partial charge in [-0.3, -0.25) is 9.59 Å². The third-order valence-corrected chi connectivity index (χ3v) is 11.2. The summed E-state index contributed by atoms with van der Waals surface area (Å²) in [5.41, 5.74) is 3.23. The molecule has 4 aliphatic rings. The molecule has 304 valence electrons. The van der Waals surface area contributed by atoms with Crippen molar-refractivity contribution in [3.63, 3.8) is 0 Å². The molecule has 1 amide bonds. The SMILES string of the molecule is O=C(CCNCCc1ccccc1)N(CCNCCc1ccc(O)c2[nH]c(=O)sc12)CC12CC3CC(CC(C3)C1)C2.O=C(O)C(F)(F)F.O=C(O)C(F)(F)F. The Morgan fingerprint density at radius 3 is 1.87 bits per heavy atom. The van der Waals surface area contributed by atoms with Crippen LogP contribution >= 0.6 is 11.3 Å². The van der Waals surface area contributed by atoms with Crippen LogP contribution < -0.4 is 15.5 Å². The number of aromatic nitrogens is 1. The Morgan fingerprint density at radius 1 is 0.800 bits per heavy atom. The fraction of sp³-hybridized carbons (Fsp3) is 0.568. The van der Waals surface area contributed by atoms with E-state index in [-0.39, 0.29) is 16.5 Å². The number of carboxylic acids is 2. The second-order valence-electron chi connectivity index (χ2n) is 14.5. The summed E-state index contributed by atoms with van der Waals surface area (Å²) in [5.74, 6) is -2.50. The van der Waals surface area contributed by atoms with Crippen LogP contribution in [0, 0.1) is 23.2 Å². The number of rotatable bonds is 14. The van der Waals surface area contributed by atoms with Gasteiger partial charge in [-0.15, -0.1) is 0 Å². The number of phenols is 1. The number of carbonyl (C=O) groups is 3. The number of hydrogen-bond acceptors (Lipinski definition) is 8. The van der Waals surface area contributed by atoms with Crippen molar-refractivity contribution in [2.75, 3.05) is 39.3 Å². The van der Waals surface area contributed by atoms with Crippen molar-refractivity contribution < 1.29 is 56.0 Å². The van der Waals surface area contributed by atoms with Gasteiger partial charge in [-0.2, -0.15) is 26.3 Å². The molecule has 55 heavy (non-hydrogen) atoms. The van der Waals surface area contributed by atoms with Crippen molar-refractivity contribution in [2.24, 2.45) is 23.2 Å². The van der Waals surface area contributed by atoms with Crippen LogP contribution in [0.5, 0.6) is 5.75 Å². The Hall–Kier alpha value is -4.16. The molecule has 4 fully saturated rings. The van der Waals surface area contributed by atoms with Crippen LogP contribution in [0.15, 0.2) is 47.3 Å². The number of carboxylic acid groups (broad SMARTS) is 2. The molecule has 4 bridgehead atoms. The molecule has 6 N–H and O–H groups in total. The second-order valence-corrected chi connectivity index (χ2v) is 15.5. The summed E-state index contributed by atoms with van der Waals surface area (Å²) in [6, 6.07) is 14.0. The number of fused-ring (bicyclic) bond motifs is 1. The molecule has 0 atom stereocenters. The lowest BCUT2D eigenvalue weighted by Crippen LogP contribution is -2.53. The number of nitrogens with zero attached hydrogens (tertiary/aromatic N) is 1. The number of hydrogen-bond donors (Lipinski definition) is 6. The molecule has 0 unspecified atom stereocenters. The molecule has 11 nitrogen and oxygen atoms in total. The van der Waals surface area contributed by atoms with Crippen LogP contribution in [0.3, 0.4) is 0 Å². The first-order valence-corrected chi connectivity index (χ1v) is 18.8. The van der Waals surface area contributed by atoms with Crippen LogP contribution in [0.2, 0.25) is 0 Å². The Balaban J connectivity index is 0.000000410. The van der Waals surface area contributed by atoms with Gasteiger partial charge in [0, 0.05) is 32.6 Å². The molecule has 18 heteroatoms. The summed E-state index contributed by atoms with van der Waals surface area (Å²) < 4.78 is 64.3. The minimum atomic E-state index is -5.08. The lowest BCUT2D eigenvalue weighted by Gasteiger charge is -2.58. The van der Waals surface area contributed by atoms with Gasteiger partial charge in [0.05, 0.1) is 4.70 Å². The maximum Gasteiger partial charge on any atom is 0.490 e. The number of phenolic OH excluding ortho intramolecular Hbond substituents is 1. The number of nitrogens with one attached hydrogen (secondary N) is 3. The van der Waals surface area contributed by atoms with Crippen LogP contribution in [0.1, 0.15) is 56.1 Å². The zero-order valence-electron chi connectivity index (χ0n) is 30.0. The minimum absolute atomic E-state index is 0.114. The van der Waals surface area contributed by atoms with E-state index >= 15 is 0 Å². The van der Waals surface area contributed by atoms with Crippen molar-refractivity contribution in [3.05, 3.63) is 63.3 Å². The maximum atomic E-state index is 13.6. The summed E-state index contributed by atoms with van der Waals surface area (Å²) in [6.07, 6.45) is 0.286. The standard InChI is InChI=1S/C33H44N4O3S.2C2HF3O2/c38-28-7-6-27(31-30(28)36-32(40)41-31)9-12-35-14-15-37(22-33-19-24-16-25(20-33)18-26(17-24)21-33)29(39)10-13-34-11-8-23-4-2-1-3-5-23;2*3-2(4,5)1(6)7/h1-7,24-26,34-35,38H,8-22H2,(H,36,40);2*(H,6,7).